The molecule has 1 amide bonds. The van der Waals surface area contributed by atoms with E-state index in [0.717, 1.165) is 39.1 Å². The van der Waals surface area contributed by atoms with Gasteiger partial charge >= 0.3 is 0 Å². The summed E-state index contributed by atoms with van der Waals surface area (Å²) in [4.78, 5) is 16.6. The lowest BCUT2D eigenvalue weighted by molar-refractivity contribution is -0.112. The zero-order chi connectivity index (χ0) is 20.4. The van der Waals surface area contributed by atoms with E-state index in [2.05, 4.69) is 16.8 Å². The number of benzene rings is 2. The van der Waals surface area contributed by atoms with Crippen molar-refractivity contribution in [2.45, 2.75) is 18.9 Å². The highest BCUT2D eigenvalue weighted by Gasteiger charge is 2.35. The molecule has 2 aromatic rings. The Bertz CT molecular complexity index is 908. The fourth-order valence-corrected chi connectivity index (χ4v) is 4.08. The first-order chi connectivity index (χ1) is 14.1. The largest absolute Gasteiger partial charge is 0.383 e. The van der Waals surface area contributed by atoms with Gasteiger partial charge in [0.25, 0.3) is 5.91 Å². The second-order valence-electron chi connectivity index (χ2n) is 7.53. The van der Waals surface area contributed by atoms with E-state index in [9.17, 15) is 4.79 Å². The van der Waals surface area contributed by atoms with Crippen molar-refractivity contribution in [2.75, 3.05) is 43.6 Å². The highest BCUT2D eigenvalue weighted by Crippen LogP contribution is 2.44. The lowest BCUT2D eigenvalue weighted by atomic mass is 10.0. The molecule has 0 atom stereocenters. The number of likely N-dealkylation sites (tertiary alicyclic amines) is 1. The summed E-state index contributed by atoms with van der Waals surface area (Å²) in [5.74, 6) is -0.685. The number of fused-ring (bicyclic) bond motifs is 1. The van der Waals surface area contributed by atoms with Gasteiger partial charge in [-0.3, -0.25) is 9.69 Å². The minimum atomic E-state index is -0.402. The Labute approximate surface area is 170 Å². The molecule has 4 rings (SSSR count). The summed E-state index contributed by atoms with van der Waals surface area (Å²) in [7, 11) is 1.71. The summed E-state index contributed by atoms with van der Waals surface area (Å²) in [5.41, 5.74) is 2.17. The maximum Gasteiger partial charge on any atom is 0.263 e. The SMILES string of the molecule is C=C1C(=O)N(c2ccccc2)c2ccc(NC3CCN(CCOC)CC3)c(F)c21. The second-order valence-corrected chi connectivity index (χ2v) is 7.53. The zero-order valence-corrected chi connectivity index (χ0v) is 16.7. The smallest absolute Gasteiger partial charge is 0.263 e. The Morgan fingerprint density at radius 3 is 2.59 bits per heavy atom. The van der Waals surface area contributed by atoms with Gasteiger partial charge < -0.3 is 15.0 Å². The number of nitrogens with zero attached hydrogens (tertiary/aromatic N) is 2. The van der Waals surface area contributed by atoms with Gasteiger partial charge in [-0.1, -0.05) is 24.8 Å². The molecule has 2 heterocycles. The van der Waals surface area contributed by atoms with E-state index in [1.165, 1.54) is 4.90 Å². The van der Waals surface area contributed by atoms with Crippen LogP contribution in [0.3, 0.4) is 0 Å². The van der Waals surface area contributed by atoms with E-state index in [-0.39, 0.29) is 17.5 Å². The number of carbonyl (C=O) groups is 1. The standard InChI is InChI=1S/C23H26FN3O2/c1-16-21-20(27(23(16)28)18-6-4-3-5-7-18)9-8-19(22(21)24)25-17-10-12-26(13-11-17)14-15-29-2/h3-9,17,25H,1,10-15H2,2H3. The highest BCUT2D eigenvalue weighted by atomic mass is 19.1. The predicted octanol–water partition coefficient (Wildman–Crippen LogP) is 4.04. The molecule has 2 aromatic carbocycles. The molecule has 0 aromatic heterocycles. The monoisotopic (exact) mass is 395 g/mol. The molecular formula is C23H26FN3O2. The van der Waals surface area contributed by atoms with Gasteiger partial charge in [-0.05, 0) is 37.1 Å². The number of nitrogens with one attached hydrogen (secondary N) is 1. The van der Waals surface area contributed by atoms with Gasteiger partial charge in [-0.25, -0.2) is 4.39 Å². The number of piperidine rings is 1. The van der Waals surface area contributed by atoms with Crippen molar-refractivity contribution >= 4 is 28.5 Å². The molecule has 29 heavy (non-hydrogen) atoms. The third-order valence-electron chi connectivity index (χ3n) is 5.70. The lowest BCUT2D eigenvalue weighted by Crippen LogP contribution is -2.40. The van der Waals surface area contributed by atoms with Crippen LogP contribution in [-0.4, -0.2) is 50.2 Å². The van der Waals surface area contributed by atoms with Crippen LogP contribution in [-0.2, 0) is 9.53 Å². The van der Waals surface area contributed by atoms with Crippen LogP contribution in [0.15, 0.2) is 49.0 Å². The number of ether oxygens (including phenoxy) is 1. The molecule has 2 aliphatic rings. The average molecular weight is 395 g/mol. The maximum absolute atomic E-state index is 15.4. The molecule has 1 fully saturated rings. The fourth-order valence-electron chi connectivity index (χ4n) is 4.08. The normalized spacial score (nSPS) is 17.7. The van der Waals surface area contributed by atoms with Crippen LogP contribution < -0.4 is 10.2 Å². The van der Waals surface area contributed by atoms with Gasteiger partial charge in [0.2, 0.25) is 0 Å². The number of rotatable bonds is 6. The zero-order valence-electron chi connectivity index (χ0n) is 16.7. The number of hydrogen-bond acceptors (Lipinski definition) is 4. The molecular weight excluding hydrogens is 369 g/mol. The molecule has 6 heteroatoms. The molecule has 152 valence electrons. The van der Waals surface area contributed by atoms with E-state index >= 15 is 4.39 Å². The number of hydrogen-bond donors (Lipinski definition) is 1. The number of anilines is 3. The van der Waals surface area contributed by atoms with Crippen molar-refractivity contribution in [3.8, 4) is 0 Å². The van der Waals surface area contributed by atoms with E-state index in [1.54, 1.807) is 19.2 Å². The Morgan fingerprint density at radius 1 is 1.17 bits per heavy atom. The van der Waals surface area contributed by atoms with Gasteiger partial charge in [-0.2, -0.15) is 0 Å². The summed E-state index contributed by atoms with van der Waals surface area (Å²) in [5, 5.41) is 3.34. The highest BCUT2D eigenvalue weighted by molar-refractivity contribution is 6.34. The van der Waals surface area contributed by atoms with Crippen LogP contribution in [0.25, 0.3) is 5.57 Å². The first-order valence-corrected chi connectivity index (χ1v) is 9.99. The maximum atomic E-state index is 15.4. The number of methoxy groups -OCH3 is 1. The number of halogens is 1. The van der Waals surface area contributed by atoms with Gasteiger partial charge in [0.1, 0.15) is 0 Å². The van der Waals surface area contributed by atoms with Crippen molar-refractivity contribution in [2.24, 2.45) is 0 Å². The second kappa shape index (κ2) is 8.35. The number of amides is 1. The van der Waals surface area contributed by atoms with Crippen LogP contribution in [0.2, 0.25) is 0 Å². The van der Waals surface area contributed by atoms with E-state index < -0.39 is 5.82 Å². The van der Waals surface area contributed by atoms with Crippen molar-refractivity contribution in [3.05, 3.63) is 60.4 Å². The molecule has 1 N–H and O–H groups in total. The Hall–Kier alpha value is -2.70. The van der Waals surface area contributed by atoms with Crippen LogP contribution in [0.1, 0.15) is 18.4 Å². The molecule has 0 unspecified atom stereocenters. The summed E-state index contributed by atoms with van der Waals surface area (Å²) < 4.78 is 20.5. The van der Waals surface area contributed by atoms with Crippen molar-refractivity contribution in [1.82, 2.24) is 4.90 Å². The van der Waals surface area contributed by atoms with Gasteiger partial charge in [0.15, 0.2) is 5.82 Å². The molecule has 5 nitrogen and oxygen atoms in total. The first kappa shape index (κ1) is 19.6. The van der Waals surface area contributed by atoms with E-state index in [1.807, 2.05) is 30.3 Å². The quantitative estimate of drug-likeness (QED) is 0.750. The summed E-state index contributed by atoms with van der Waals surface area (Å²) in [6.07, 6.45) is 1.88. The molecule has 1 saturated heterocycles. The Kier molecular flexibility index (Phi) is 5.65. The van der Waals surface area contributed by atoms with Gasteiger partial charge in [0.05, 0.1) is 18.0 Å². The fraction of sp³-hybridized carbons (Fsp3) is 0.348. The molecule has 0 saturated carbocycles. The topological polar surface area (TPSA) is 44.8 Å². The average Bonchev–Trinajstić information content (AvgIpc) is 3.01. The lowest BCUT2D eigenvalue weighted by Gasteiger charge is -2.32. The Morgan fingerprint density at radius 2 is 1.90 bits per heavy atom. The molecule has 0 radical (unpaired) electrons. The molecule has 2 aliphatic heterocycles. The first-order valence-electron chi connectivity index (χ1n) is 9.99. The van der Waals surface area contributed by atoms with Crippen molar-refractivity contribution in [3.63, 3.8) is 0 Å². The van der Waals surface area contributed by atoms with Crippen LogP contribution in [0.5, 0.6) is 0 Å². The molecule has 0 aliphatic carbocycles. The summed E-state index contributed by atoms with van der Waals surface area (Å²) in [6.45, 7) is 7.43. The number of carbonyl (C=O) groups excluding carboxylic acids is 1. The minimum Gasteiger partial charge on any atom is -0.383 e. The van der Waals surface area contributed by atoms with Gasteiger partial charge in [0, 0.05) is 49.6 Å². The predicted molar refractivity (Wildman–Crippen MR) is 114 cm³/mol. The van der Waals surface area contributed by atoms with Crippen molar-refractivity contribution in [1.29, 1.82) is 0 Å². The summed E-state index contributed by atoms with van der Waals surface area (Å²) >= 11 is 0. The van der Waals surface area contributed by atoms with Crippen LogP contribution >= 0.6 is 0 Å². The third kappa shape index (κ3) is 3.78. The van der Waals surface area contributed by atoms with Crippen LogP contribution in [0, 0.1) is 5.82 Å². The van der Waals surface area contributed by atoms with E-state index in [4.69, 9.17) is 4.74 Å². The van der Waals surface area contributed by atoms with Gasteiger partial charge in [-0.15, -0.1) is 0 Å². The number of para-hydroxylation sites is 1. The molecule has 0 bridgehead atoms. The van der Waals surface area contributed by atoms with E-state index in [0.29, 0.717) is 22.6 Å². The third-order valence-corrected chi connectivity index (χ3v) is 5.70. The van der Waals surface area contributed by atoms with Crippen LogP contribution in [0.4, 0.5) is 21.5 Å². The molecule has 0 spiro atoms. The van der Waals surface area contributed by atoms with Crippen molar-refractivity contribution < 1.29 is 13.9 Å². The summed E-state index contributed by atoms with van der Waals surface area (Å²) in [6, 6.07) is 13.0. The minimum absolute atomic E-state index is 0.194. The Balaban J connectivity index is 1.52.